The summed E-state index contributed by atoms with van der Waals surface area (Å²) < 4.78 is 0. The van der Waals surface area contributed by atoms with Gasteiger partial charge >= 0.3 is 0 Å². The lowest BCUT2D eigenvalue weighted by Crippen LogP contribution is -2.33. The summed E-state index contributed by atoms with van der Waals surface area (Å²) in [5.41, 5.74) is 6.76. The normalized spacial score (nSPS) is 11.2. The third kappa shape index (κ3) is 21.9. The molecule has 0 saturated carbocycles. The van der Waals surface area contributed by atoms with Gasteiger partial charge in [0.2, 0.25) is 0 Å². The van der Waals surface area contributed by atoms with Crippen molar-refractivity contribution in [3.05, 3.63) is 0 Å². The molecule has 0 aliphatic heterocycles. The Balaban J connectivity index is 2.93. The third-order valence-electron chi connectivity index (χ3n) is 4.94. The highest BCUT2D eigenvalue weighted by molar-refractivity contribution is 4.50. The zero-order valence-electron chi connectivity index (χ0n) is 17.1. The van der Waals surface area contributed by atoms with Crippen LogP contribution in [0.1, 0.15) is 129 Å². The molecule has 0 saturated heterocycles. The van der Waals surface area contributed by atoms with E-state index in [9.17, 15) is 0 Å². The molecule has 0 aliphatic rings. The first-order valence-electron chi connectivity index (χ1n) is 11.4. The molecule has 0 aliphatic carbocycles. The van der Waals surface area contributed by atoms with Crippen LogP contribution in [0.2, 0.25) is 0 Å². The van der Waals surface area contributed by atoms with Gasteiger partial charge in [0.15, 0.2) is 0 Å². The summed E-state index contributed by atoms with van der Waals surface area (Å²) in [6.07, 6.45) is 25.4. The number of hydrogen-bond acceptors (Lipinski definition) is 2. The molecule has 0 radical (unpaired) electrons. The number of hydrogen-bond donors (Lipinski definition) is 2. The lowest BCUT2D eigenvalue weighted by molar-refractivity contribution is 0.477. The average Bonchev–Trinajstić information content (AvgIpc) is 2.60. The molecular formula is C22H48N2. The first-order valence-corrected chi connectivity index (χ1v) is 11.4. The van der Waals surface area contributed by atoms with E-state index in [0.717, 1.165) is 13.1 Å². The van der Waals surface area contributed by atoms with E-state index in [1.165, 1.54) is 116 Å². The van der Waals surface area contributed by atoms with E-state index in [-0.39, 0.29) is 0 Å². The number of unbranched alkanes of at least 4 members (excludes halogenated alkanes) is 16. The molecule has 146 valence electrons. The van der Waals surface area contributed by atoms with E-state index >= 15 is 0 Å². The van der Waals surface area contributed by atoms with Crippen molar-refractivity contribution in [2.75, 3.05) is 13.1 Å². The highest BCUT2D eigenvalue weighted by Crippen LogP contribution is 2.10. The molecule has 0 aromatic carbocycles. The molecule has 0 heterocycles. The highest BCUT2D eigenvalue weighted by atomic mass is 15.3. The fraction of sp³-hybridized carbons (Fsp3) is 1.00. The van der Waals surface area contributed by atoms with Crippen LogP contribution in [0.25, 0.3) is 0 Å². The van der Waals surface area contributed by atoms with Gasteiger partial charge in [-0.2, -0.15) is 0 Å². The Hall–Kier alpha value is -0.0800. The number of nitrogens with one attached hydrogen (secondary N) is 2. The van der Waals surface area contributed by atoms with Crippen molar-refractivity contribution in [1.82, 2.24) is 10.9 Å². The molecule has 0 fully saturated rings. The second-order valence-electron chi connectivity index (χ2n) is 7.51. The smallest absolute Gasteiger partial charge is 0.00997 e. The number of hydrazine groups is 1. The molecule has 0 aromatic heterocycles. The minimum absolute atomic E-state index is 1.13. The van der Waals surface area contributed by atoms with Crippen LogP contribution in [0.5, 0.6) is 0 Å². The van der Waals surface area contributed by atoms with Crippen LogP contribution in [0, 0.1) is 0 Å². The summed E-state index contributed by atoms with van der Waals surface area (Å²) in [6, 6.07) is 0. The van der Waals surface area contributed by atoms with Gasteiger partial charge in [-0.05, 0) is 12.8 Å². The molecule has 2 heteroatoms. The van der Waals surface area contributed by atoms with Gasteiger partial charge in [0, 0.05) is 13.1 Å². The van der Waals surface area contributed by atoms with Crippen molar-refractivity contribution in [2.45, 2.75) is 129 Å². The summed E-state index contributed by atoms with van der Waals surface area (Å²) in [5.74, 6) is 0. The zero-order chi connectivity index (χ0) is 17.6. The Bertz CT molecular complexity index is 184. The SMILES string of the molecule is CCCCCCCCCCCNNCCCCCCCCCCC. The van der Waals surface area contributed by atoms with Gasteiger partial charge in [-0.25, -0.2) is 0 Å². The van der Waals surface area contributed by atoms with Gasteiger partial charge in [-0.15, -0.1) is 0 Å². The van der Waals surface area contributed by atoms with Crippen LogP contribution in [0.4, 0.5) is 0 Å². The van der Waals surface area contributed by atoms with Crippen molar-refractivity contribution in [3.63, 3.8) is 0 Å². The van der Waals surface area contributed by atoms with Gasteiger partial charge in [-0.1, -0.05) is 117 Å². The Kier molecular flexibility index (Phi) is 22.8. The Morgan fingerprint density at radius 1 is 0.333 bits per heavy atom. The standard InChI is InChI=1S/C22H48N2/c1-3-5-7-9-11-13-15-17-19-21-23-24-22-20-18-16-14-12-10-8-6-4-2/h23-24H,3-22H2,1-2H3. The van der Waals surface area contributed by atoms with Crippen LogP contribution >= 0.6 is 0 Å². The van der Waals surface area contributed by atoms with Crippen molar-refractivity contribution in [3.8, 4) is 0 Å². The van der Waals surface area contributed by atoms with Crippen LogP contribution in [0.15, 0.2) is 0 Å². The van der Waals surface area contributed by atoms with Gasteiger partial charge in [-0.3, -0.25) is 10.9 Å². The van der Waals surface area contributed by atoms with Crippen molar-refractivity contribution >= 4 is 0 Å². The van der Waals surface area contributed by atoms with Crippen molar-refractivity contribution in [1.29, 1.82) is 0 Å². The van der Waals surface area contributed by atoms with E-state index in [0.29, 0.717) is 0 Å². The van der Waals surface area contributed by atoms with E-state index in [4.69, 9.17) is 0 Å². The lowest BCUT2D eigenvalue weighted by Gasteiger charge is -2.07. The summed E-state index contributed by atoms with van der Waals surface area (Å²) in [5, 5.41) is 0. The second-order valence-corrected chi connectivity index (χ2v) is 7.51. The van der Waals surface area contributed by atoms with E-state index < -0.39 is 0 Å². The number of rotatable bonds is 21. The maximum absolute atomic E-state index is 3.38. The molecule has 2 N–H and O–H groups in total. The lowest BCUT2D eigenvalue weighted by atomic mass is 10.1. The molecule has 0 atom stereocenters. The highest BCUT2D eigenvalue weighted by Gasteiger charge is 1.94. The van der Waals surface area contributed by atoms with Crippen LogP contribution in [0.3, 0.4) is 0 Å². The fourth-order valence-corrected chi connectivity index (χ4v) is 3.22. The third-order valence-corrected chi connectivity index (χ3v) is 4.94. The van der Waals surface area contributed by atoms with Gasteiger partial charge < -0.3 is 0 Å². The Labute approximate surface area is 153 Å². The first-order chi connectivity index (χ1) is 11.9. The first kappa shape index (κ1) is 23.9. The molecule has 0 aromatic rings. The topological polar surface area (TPSA) is 24.1 Å². The molecule has 24 heavy (non-hydrogen) atoms. The van der Waals surface area contributed by atoms with E-state index in [2.05, 4.69) is 24.7 Å². The maximum Gasteiger partial charge on any atom is 0.00997 e. The monoisotopic (exact) mass is 340 g/mol. The summed E-state index contributed by atoms with van der Waals surface area (Å²) in [7, 11) is 0. The van der Waals surface area contributed by atoms with Crippen LogP contribution in [-0.2, 0) is 0 Å². The van der Waals surface area contributed by atoms with Gasteiger partial charge in [0.1, 0.15) is 0 Å². The molecular weight excluding hydrogens is 292 g/mol. The van der Waals surface area contributed by atoms with Crippen LogP contribution < -0.4 is 10.9 Å². The average molecular weight is 341 g/mol. The van der Waals surface area contributed by atoms with Crippen molar-refractivity contribution in [2.24, 2.45) is 0 Å². The molecule has 0 bridgehead atoms. The van der Waals surface area contributed by atoms with Crippen LogP contribution in [-0.4, -0.2) is 13.1 Å². The fourth-order valence-electron chi connectivity index (χ4n) is 3.22. The summed E-state index contributed by atoms with van der Waals surface area (Å²) in [6.45, 7) is 6.84. The molecule has 2 nitrogen and oxygen atoms in total. The predicted molar refractivity (Wildman–Crippen MR) is 110 cm³/mol. The maximum atomic E-state index is 3.38. The summed E-state index contributed by atoms with van der Waals surface area (Å²) in [4.78, 5) is 0. The minimum Gasteiger partial charge on any atom is -0.258 e. The van der Waals surface area contributed by atoms with Gasteiger partial charge in [0.05, 0.1) is 0 Å². The summed E-state index contributed by atoms with van der Waals surface area (Å²) >= 11 is 0. The molecule has 0 amide bonds. The van der Waals surface area contributed by atoms with E-state index in [1.54, 1.807) is 0 Å². The second kappa shape index (κ2) is 22.9. The van der Waals surface area contributed by atoms with E-state index in [1.807, 2.05) is 0 Å². The quantitative estimate of drug-likeness (QED) is 0.171. The largest absolute Gasteiger partial charge is 0.258 e. The van der Waals surface area contributed by atoms with Gasteiger partial charge in [0.25, 0.3) is 0 Å². The molecule has 0 rings (SSSR count). The van der Waals surface area contributed by atoms with Crippen molar-refractivity contribution < 1.29 is 0 Å². The minimum atomic E-state index is 1.13. The molecule has 0 spiro atoms. The molecule has 0 unspecified atom stereocenters. The zero-order valence-corrected chi connectivity index (χ0v) is 17.1. The Morgan fingerprint density at radius 3 is 0.875 bits per heavy atom. The Morgan fingerprint density at radius 2 is 0.583 bits per heavy atom. The predicted octanol–water partition coefficient (Wildman–Crippen LogP) is 7.14.